The maximum atomic E-state index is 11.8. The first-order chi connectivity index (χ1) is 10.9. The van der Waals surface area contributed by atoms with Crippen molar-refractivity contribution in [1.82, 2.24) is 0 Å². The number of rotatable bonds is 3. The molecular weight excluding hydrogens is 300 g/mol. The highest BCUT2D eigenvalue weighted by molar-refractivity contribution is 5.91. The molecule has 1 fully saturated rings. The largest absolute Gasteiger partial charge is 0.461 e. The number of carbonyl (C=O) groups is 3. The number of fused-ring (bicyclic) bond motifs is 1. The van der Waals surface area contributed by atoms with Gasteiger partial charge in [0.25, 0.3) is 0 Å². The number of aldehydes is 1. The van der Waals surface area contributed by atoms with E-state index >= 15 is 0 Å². The lowest BCUT2D eigenvalue weighted by atomic mass is 9.85. The van der Waals surface area contributed by atoms with Crippen LogP contribution in [0.15, 0.2) is 35.5 Å². The Bertz CT molecular complexity index is 586. The summed E-state index contributed by atoms with van der Waals surface area (Å²) in [7, 11) is 0. The van der Waals surface area contributed by atoms with E-state index in [1.807, 2.05) is 0 Å². The van der Waals surface area contributed by atoms with Gasteiger partial charge in [-0.1, -0.05) is 12.7 Å². The lowest BCUT2D eigenvalue weighted by Gasteiger charge is -2.23. The number of aliphatic hydroxyl groups excluding tert-OH is 1. The normalized spacial score (nSPS) is 32.7. The van der Waals surface area contributed by atoms with Crippen LogP contribution in [0.25, 0.3) is 0 Å². The minimum Gasteiger partial charge on any atom is -0.461 e. The Labute approximate surface area is 134 Å². The van der Waals surface area contributed by atoms with E-state index in [2.05, 4.69) is 6.58 Å². The number of esters is 2. The zero-order valence-corrected chi connectivity index (χ0v) is 13.0. The van der Waals surface area contributed by atoms with Crippen LogP contribution in [0.5, 0.6) is 0 Å². The zero-order valence-electron chi connectivity index (χ0n) is 13.0. The number of aliphatic hydroxyl groups is 1. The van der Waals surface area contributed by atoms with Crippen molar-refractivity contribution in [2.75, 3.05) is 6.61 Å². The van der Waals surface area contributed by atoms with Crippen molar-refractivity contribution in [2.24, 2.45) is 5.92 Å². The van der Waals surface area contributed by atoms with Gasteiger partial charge in [0.05, 0.1) is 12.0 Å². The number of allylic oxidation sites excluding steroid dienone is 1. The fourth-order valence-electron chi connectivity index (χ4n) is 2.82. The fraction of sp³-hybridized carbons (Fsp3) is 0.471. The summed E-state index contributed by atoms with van der Waals surface area (Å²) in [4.78, 5) is 33.9. The summed E-state index contributed by atoms with van der Waals surface area (Å²) < 4.78 is 10.3. The standard InChI is InChI=1S/C17H20O6/c1-10-16-14(20)6-12(8-18)4-3-5-13(9-22-11(2)19)7-15(16)23-17(10)21/h4,7-8,14-16,20H,1,3,5-6,9H2,2H3/b12-4+,13-7-/t14-,15+,16+/m0/s1. The number of hydrogen-bond donors (Lipinski definition) is 1. The summed E-state index contributed by atoms with van der Waals surface area (Å²) >= 11 is 0. The van der Waals surface area contributed by atoms with Gasteiger partial charge in [-0.3, -0.25) is 9.59 Å². The van der Waals surface area contributed by atoms with Gasteiger partial charge in [-0.25, -0.2) is 4.79 Å². The van der Waals surface area contributed by atoms with Crippen LogP contribution >= 0.6 is 0 Å². The molecule has 23 heavy (non-hydrogen) atoms. The van der Waals surface area contributed by atoms with Crippen LogP contribution in [0, 0.1) is 5.92 Å². The zero-order chi connectivity index (χ0) is 17.0. The minimum atomic E-state index is -0.945. The Balaban J connectivity index is 2.31. The number of hydrogen-bond acceptors (Lipinski definition) is 6. The van der Waals surface area contributed by atoms with Crippen molar-refractivity contribution in [3.63, 3.8) is 0 Å². The topological polar surface area (TPSA) is 89.9 Å². The van der Waals surface area contributed by atoms with Gasteiger partial charge < -0.3 is 14.6 Å². The van der Waals surface area contributed by atoms with Crippen molar-refractivity contribution >= 4 is 18.2 Å². The third-order valence-electron chi connectivity index (χ3n) is 4.01. The molecule has 0 saturated carbocycles. The van der Waals surface area contributed by atoms with E-state index in [4.69, 9.17) is 9.47 Å². The summed E-state index contributed by atoms with van der Waals surface area (Å²) in [5.41, 5.74) is 1.43. The predicted molar refractivity (Wildman–Crippen MR) is 81.2 cm³/mol. The predicted octanol–water partition coefficient (Wildman–Crippen LogP) is 1.24. The van der Waals surface area contributed by atoms with Gasteiger partial charge in [0.2, 0.25) is 0 Å². The lowest BCUT2D eigenvalue weighted by Crippen LogP contribution is -2.29. The SMILES string of the molecule is C=C1C(=O)O[C@@H]2/C=C(\COC(C)=O)CC/C=C(/C=O)C[C@H](O)[C@@H]12. The van der Waals surface area contributed by atoms with Crippen LogP contribution in [0.4, 0.5) is 0 Å². The van der Waals surface area contributed by atoms with Crippen LogP contribution in [-0.2, 0) is 23.9 Å². The molecule has 0 aromatic rings. The molecule has 0 aromatic carbocycles. The second-order valence-electron chi connectivity index (χ2n) is 5.73. The Kier molecular flexibility index (Phi) is 5.50. The highest BCUT2D eigenvalue weighted by atomic mass is 16.6. The van der Waals surface area contributed by atoms with Gasteiger partial charge in [-0.15, -0.1) is 0 Å². The Morgan fingerprint density at radius 3 is 2.96 bits per heavy atom. The molecule has 0 bridgehead atoms. The second-order valence-corrected chi connectivity index (χ2v) is 5.73. The van der Waals surface area contributed by atoms with Gasteiger partial charge in [-0.05, 0) is 30.1 Å². The van der Waals surface area contributed by atoms with Crippen molar-refractivity contribution in [1.29, 1.82) is 0 Å². The maximum Gasteiger partial charge on any atom is 0.334 e. The first kappa shape index (κ1) is 17.1. The molecule has 1 heterocycles. The number of carbonyl (C=O) groups excluding carboxylic acids is 3. The molecule has 1 N–H and O–H groups in total. The molecule has 0 radical (unpaired) electrons. The molecule has 2 rings (SSSR count). The molecule has 0 unspecified atom stereocenters. The minimum absolute atomic E-state index is 0.0862. The Morgan fingerprint density at radius 2 is 2.30 bits per heavy atom. The smallest absolute Gasteiger partial charge is 0.334 e. The Morgan fingerprint density at radius 1 is 1.57 bits per heavy atom. The van der Waals surface area contributed by atoms with Crippen molar-refractivity contribution in [3.05, 3.63) is 35.5 Å². The van der Waals surface area contributed by atoms with E-state index in [-0.39, 0.29) is 18.6 Å². The molecule has 124 valence electrons. The van der Waals surface area contributed by atoms with Crippen molar-refractivity contribution in [3.8, 4) is 0 Å². The molecule has 0 spiro atoms. The first-order valence-electron chi connectivity index (χ1n) is 7.47. The van der Waals surface area contributed by atoms with Crippen LogP contribution in [0.1, 0.15) is 26.2 Å². The molecule has 1 aliphatic carbocycles. The van der Waals surface area contributed by atoms with Gasteiger partial charge in [0.15, 0.2) is 0 Å². The third kappa shape index (κ3) is 4.16. The summed E-state index contributed by atoms with van der Waals surface area (Å²) in [5, 5.41) is 10.4. The average molecular weight is 320 g/mol. The molecule has 3 atom stereocenters. The van der Waals surface area contributed by atoms with Gasteiger partial charge in [-0.2, -0.15) is 0 Å². The summed E-state index contributed by atoms with van der Waals surface area (Å²) in [6.45, 7) is 5.09. The van der Waals surface area contributed by atoms with E-state index in [9.17, 15) is 19.5 Å². The van der Waals surface area contributed by atoms with Crippen molar-refractivity contribution in [2.45, 2.75) is 38.4 Å². The summed E-state index contributed by atoms with van der Waals surface area (Å²) in [6.07, 6.45) is 3.84. The van der Waals surface area contributed by atoms with E-state index in [0.717, 1.165) is 5.57 Å². The van der Waals surface area contributed by atoms with Crippen LogP contribution in [-0.4, -0.2) is 42.1 Å². The molecule has 6 nitrogen and oxygen atoms in total. The van der Waals surface area contributed by atoms with Gasteiger partial charge in [0, 0.05) is 18.9 Å². The van der Waals surface area contributed by atoms with E-state index < -0.39 is 30.1 Å². The third-order valence-corrected chi connectivity index (χ3v) is 4.01. The van der Waals surface area contributed by atoms with Gasteiger partial charge >= 0.3 is 11.9 Å². The van der Waals surface area contributed by atoms with Crippen LogP contribution in [0.3, 0.4) is 0 Å². The number of ether oxygens (including phenoxy) is 2. The lowest BCUT2D eigenvalue weighted by molar-refractivity contribution is -0.140. The quantitative estimate of drug-likeness (QED) is 0.364. The van der Waals surface area contributed by atoms with E-state index in [0.29, 0.717) is 24.7 Å². The molecule has 2 aliphatic rings. The highest BCUT2D eigenvalue weighted by Crippen LogP contribution is 2.34. The molecule has 0 amide bonds. The monoisotopic (exact) mass is 320 g/mol. The summed E-state index contributed by atoms with van der Waals surface area (Å²) in [6, 6.07) is 0. The van der Waals surface area contributed by atoms with Crippen LogP contribution in [0.2, 0.25) is 0 Å². The molecule has 1 aliphatic heterocycles. The molecule has 1 saturated heterocycles. The fourth-order valence-corrected chi connectivity index (χ4v) is 2.82. The van der Waals surface area contributed by atoms with E-state index in [1.165, 1.54) is 6.92 Å². The highest BCUT2D eigenvalue weighted by Gasteiger charge is 2.42. The summed E-state index contributed by atoms with van der Waals surface area (Å²) in [5.74, 6) is -1.58. The molecule has 0 aromatic heterocycles. The molecule has 6 heteroatoms. The average Bonchev–Trinajstić information content (AvgIpc) is 2.77. The first-order valence-corrected chi connectivity index (χ1v) is 7.47. The Hall–Kier alpha value is -2.21. The van der Waals surface area contributed by atoms with Crippen LogP contribution < -0.4 is 0 Å². The molecular formula is C17H20O6. The maximum absolute atomic E-state index is 11.8. The van der Waals surface area contributed by atoms with E-state index in [1.54, 1.807) is 12.2 Å². The van der Waals surface area contributed by atoms with Crippen molar-refractivity contribution < 1.29 is 29.0 Å². The second kappa shape index (κ2) is 7.37. The van der Waals surface area contributed by atoms with Gasteiger partial charge in [0.1, 0.15) is 19.0 Å².